The van der Waals surface area contributed by atoms with Crippen LogP contribution in [0, 0.1) is 0 Å². The van der Waals surface area contributed by atoms with Gasteiger partial charge in [-0.15, -0.1) is 0 Å². The van der Waals surface area contributed by atoms with Gasteiger partial charge in [-0.3, -0.25) is 19.3 Å². The lowest BCUT2D eigenvalue weighted by Gasteiger charge is -2.27. The van der Waals surface area contributed by atoms with Crippen LogP contribution < -0.4 is 0 Å². The van der Waals surface area contributed by atoms with Crippen molar-refractivity contribution in [2.45, 2.75) is 32.8 Å². The Kier molecular flexibility index (Phi) is 3.87. The smallest absolute Gasteiger partial charge is 0.308 e. The molecule has 0 spiro atoms. The Morgan fingerprint density at radius 2 is 1.54 bits per heavy atom. The molecule has 5 heteroatoms. The number of hydrogen-bond acceptors (Lipinski definition) is 4. The van der Waals surface area contributed by atoms with E-state index in [-0.39, 0.29) is 24.8 Å². The van der Waals surface area contributed by atoms with Gasteiger partial charge in [0.05, 0.1) is 6.42 Å². The molecule has 1 aliphatic rings. The number of imide groups is 1. The van der Waals surface area contributed by atoms with Crippen LogP contribution in [-0.2, 0) is 9.53 Å². The Morgan fingerprint density at radius 3 is 2.04 bits per heavy atom. The van der Waals surface area contributed by atoms with E-state index in [1.54, 1.807) is 45.0 Å². The lowest BCUT2D eigenvalue weighted by molar-refractivity contribution is -0.154. The summed E-state index contributed by atoms with van der Waals surface area (Å²) in [4.78, 5) is 38.3. The molecule has 1 heterocycles. The van der Waals surface area contributed by atoms with Crippen molar-refractivity contribution in [3.63, 3.8) is 0 Å². The van der Waals surface area contributed by atoms with Crippen molar-refractivity contribution < 1.29 is 19.1 Å². The molecule has 0 unspecified atom stereocenters. The number of benzene rings is 2. The highest BCUT2D eigenvalue weighted by Crippen LogP contribution is 2.30. The van der Waals surface area contributed by atoms with E-state index in [4.69, 9.17) is 4.74 Å². The predicted molar refractivity (Wildman–Crippen MR) is 89.8 cm³/mol. The van der Waals surface area contributed by atoms with Gasteiger partial charge in [-0.1, -0.05) is 24.3 Å². The Morgan fingerprint density at radius 1 is 1.00 bits per heavy atom. The number of rotatable bonds is 3. The molecule has 0 saturated carbocycles. The summed E-state index contributed by atoms with van der Waals surface area (Å²) in [5.74, 6) is -1.17. The Bertz CT molecular complexity index is 797. The fourth-order valence-corrected chi connectivity index (χ4v) is 2.88. The first kappa shape index (κ1) is 16.2. The molecule has 3 rings (SSSR count). The first-order chi connectivity index (χ1) is 11.3. The second-order valence-corrected chi connectivity index (χ2v) is 6.81. The van der Waals surface area contributed by atoms with Gasteiger partial charge >= 0.3 is 5.97 Å². The fraction of sp³-hybridized carbons (Fsp3) is 0.316. The highest BCUT2D eigenvalue weighted by atomic mass is 16.6. The SMILES string of the molecule is CC(C)(C)OC(=O)CCN1C(=O)c2cccc3cccc(c23)C1=O. The van der Waals surface area contributed by atoms with Crippen LogP contribution in [0.1, 0.15) is 47.9 Å². The van der Waals surface area contributed by atoms with Crippen LogP contribution in [0.4, 0.5) is 0 Å². The van der Waals surface area contributed by atoms with Crippen molar-refractivity contribution in [3.05, 3.63) is 47.5 Å². The number of ether oxygens (including phenoxy) is 1. The fourth-order valence-electron chi connectivity index (χ4n) is 2.88. The van der Waals surface area contributed by atoms with Crippen LogP contribution in [0.25, 0.3) is 10.8 Å². The zero-order valence-corrected chi connectivity index (χ0v) is 14.0. The molecule has 24 heavy (non-hydrogen) atoms. The number of carbonyl (C=O) groups excluding carboxylic acids is 3. The van der Waals surface area contributed by atoms with E-state index in [0.29, 0.717) is 16.5 Å². The van der Waals surface area contributed by atoms with Crippen molar-refractivity contribution in [1.29, 1.82) is 0 Å². The number of nitrogens with zero attached hydrogens (tertiary/aromatic N) is 1. The highest BCUT2D eigenvalue weighted by Gasteiger charge is 2.33. The summed E-state index contributed by atoms with van der Waals surface area (Å²) in [5, 5.41) is 1.54. The van der Waals surface area contributed by atoms with Gasteiger partial charge in [-0.2, -0.15) is 0 Å². The highest BCUT2D eigenvalue weighted by molar-refractivity contribution is 6.25. The lowest BCUT2D eigenvalue weighted by atomic mass is 9.94. The maximum absolute atomic E-state index is 12.7. The third-order valence-electron chi connectivity index (χ3n) is 3.82. The minimum atomic E-state index is -0.592. The molecule has 2 aromatic rings. The molecule has 2 amide bonds. The molecule has 0 aromatic heterocycles. The third kappa shape index (κ3) is 2.89. The molecular formula is C19H19NO4. The van der Waals surface area contributed by atoms with Crippen molar-refractivity contribution in [1.82, 2.24) is 4.90 Å². The summed E-state index contributed by atoms with van der Waals surface area (Å²) in [6.45, 7) is 5.34. The minimum absolute atomic E-state index is 0.0112. The Labute approximate surface area is 140 Å². The number of carbonyl (C=O) groups is 3. The molecule has 0 bridgehead atoms. The van der Waals surface area contributed by atoms with Gasteiger partial charge in [0.25, 0.3) is 11.8 Å². The average Bonchev–Trinajstić information content (AvgIpc) is 2.50. The van der Waals surface area contributed by atoms with Crippen LogP contribution in [0.5, 0.6) is 0 Å². The maximum Gasteiger partial charge on any atom is 0.308 e. The van der Waals surface area contributed by atoms with Gasteiger partial charge in [0.15, 0.2) is 0 Å². The van der Waals surface area contributed by atoms with E-state index in [2.05, 4.69) is 0 Å². The monoisotopic (exact) mass is 325 g/mol. The summed E-state index contributed by atoms with van der Waals surface area (Å²) >= 11 is 0. The Balaban J connectivity index is 1.86. The summed E-state index contributed by atoms with van der Waals surface area (Å²) < 4.78 is 5.24. The zero-order chi connectivity index (χ0) is 17.5. The molecule has 0 N–H and O–H groups in total. The molecule has 124 valence electrons. The largest absolute Gasteiger partial charge is 0.460 e. The molecule has 0 aliphatic carbocycles. The van der Waals surface area contributed by atoms with Crippen LogP contribution in [0.2, 0.25) is 0 Å². The minimum Gasteiger partial charge on any atom is -0.460 e. The van der Waals surface area contributed by atoms with Crippen molar-refractivity contribution in [2.24, 2.45) is 0 Å². The maximum atomic E-state index is 12.7. The van der Waals surface area contributed by atoms with Gasteiger partial charge in [0.1, 0.15) is 5.60 Å². The molecule has 1 aliphatic heterocycles. The van der Waals surface area contributed by atoms with Crippen molar-refractivity contribution >= 4 is 28.6 Å². The van der Waals surface area contributed by atoms with E-state index >= 15 is 0 Å². The molecule has 0 fully saturated rings. The predicted octanol–water partition coefficient (Wildman–Crippen LogP) is 3.17. The average molecular weight is 325 g/mol. The topological polar surface area (TPSA) is 63.7 Å². The molecule has 0 saturated heterocycles. The Hall–Kier alpha value is -2.69. The van der Waals surface area contributed by atoms with E-state index in [9.17, 15) is 14.4 Å². The van der Waals surface area contributed by atoms with E-state index < -0.39 is 11.6 Å². The van der Waals surface area contributed by atoms with E-state index in [0.717, 1.165) is 10.3 Å². The van der Waals surface area contributed by atoms with E-state index in [1.807, 2.05) is 12.1 Å². The molecule has 0 radical (unpaired) electrons. The third-order valence-corrected chi connectivity index (χ3v) is 3.82. The van der Waals surface area contributed by atoms with Crippen LogP contribution >= 0.6 is 0 Å². The van der Waals surface area contributed by atoms with Gasteiger partial charge in [0, 0.05) is 23.1 Å². The van der Waals surface area contributed by atoms with Crippen LogP contribution in [0.3, 0.4) is 0 Å². The standard InChI is InChI=1S/C19H19NO4/c1-19(2,3)24-15(21)10-11-20-17(22)13-8-4-6-12-7-5-9-14(16(12)13)18(20)23/h4-9H,10-11H2,1-3H3. The zero-order valence-electron chi connectivity index (χ0n) is 14.0. The van der Waals surface area contributed by atoms with Crippen molar-refractivity contribution in [3.8, 4) is 0 Å². The first-order valence-electron chi connectivity index (χ1n) is 7.88. The molecule has 0 atom stereocenters. The van der Waals surface area contributed by atoms with E-state index in [1.165, 1.54) is 0 Å². The van der Waals surface area contributed by atoms with Gasteiger partial charge in [0.2, 0.25) is 0 Å². The molecular weight excluding hydrogens is 306 g/mol. The summed E-state index contributed by atoms with van der Waals surface area (Å²) in [5.41, 5.74) is 0.393. The van der Waals surface area contributed by atoms with Gasteiger partial charge < -0.3 is 4.74 Å². The summed E-state index contributed by atoms with van der Waals surface area (Å²) in [6.07, 6.45) is -0.0209. The number of amides is 2. The van der Waals surface area contributed by atoms with Crippen LogP contribution in [-0.4, -0.2) is 34.8 Å². The number of esters is 1. The second-order valence-electron chi connectivity index (χ2n) is 6.81. The quantitative estimate of drug-likeness (QED) is 0.642. The van der Waals surface area contributed by atoms with Crippen molar-refractivity contribution in [2.75, 3.05) is 6.54 Å². The first-order valence-corrected chi connectivity index (χ1v) is 7.88. The lowest BCUT2D eigenvalue weighted by Crippen LogP contribution is -2.41. The summed E-state index contributed by atoms with van der Waals surface area (Å²) in [7, 11) is 0. The molecule has 5 nitrogen and oxygen atoms in total. The summed E-state index contributed by atoms with van der Waals surface area (Å²) in [6, 6.07) is 10.8. The number of hydrogen-bond donors (Lipinski definition) is 0. The van der Waals surface area contributed by atoms with Gasteiger partial charge in [-0.05, 0) is 38.3 Å². The normalized spacial score (nSPS) is 14.2. The molecule has 2 aromatic carbocycles. The van der Waals surface area contributed by atoms with Gasteiger partial charge in [-0.25, -0.2) is 0 Å². The van der Waals surface area contributed by atoms with Crippen LogP contribution in [0.15, 0.2) is 36.4 Å². The second kappa shape index (κ2) is 5.74.